The second-order valence-electron chi connectivity index (χ2n) is 11.7. The number of ketones is 1. The molecule has 0 saturated carbocycles. The summed E-state index contributed by atoms with van der Waals surface area (Å²) < 4.78 is 5.78. The molecule has 6 heteroatoms. The lowest BCUT2D eigenvalue weighted by Crippen LogP contribution is -2.41. The minimum Gasteiger partial charge on any atom is -0.449 e. The Kier molecular flexibility index (Phi) is 9.92. The fourth-order valence-corrected chi connectivity index (χ4v) is 6.79. The Bertz CT molecular complexity index is 1720. The molecule has 3 N–H and O–H groups in total. The standard InChI is InChI=1S/C40H37ClN2O3/c41-36-25-29(22-23-34(36)38(27-13-3-1-4-14-27)28-15-5-2-6-16-28)39(44)37(21-11-12-24-42)43-40(45)46-26-35-32-19-9-7-17-30(32)31-18-8-10-20-33(31)35/h1-10,13-20,22-23,25,35,37-38H,11-12,21,24,26,42H2,(H,43,45)/t37-/m0/s1. The Hall–Kier alpha value is -4.71. The molecule has 0 spiro atoms. The lowest BCUT2D eigenvalue weighted by atomic mass is 9.84. The Morgan fingerprint density at radius 3 is 1.87 bits per heavy atom. The second kappa shape index (κ2) is 14.6. The third-order valence-corrected chi connectivity index (χ3v) is 9.09. The quantitative estimate of drug-likeness (QED) is 0.0822. The topological polar surface area (TPSA) is 81.4 Å². The molecule has 1 amide bonds. The van der Waals surface area contributed by atoms with Gasteiger partial charge in [-0.25, -0.2) is 4.79 Å². The van der Waals surface area contributed by atoms with Crippen molar-refractivity contribution in [2.75, 3.05) is 13.2 Å². The molecule has 0 heterocycles. The number of nitrogens with two attached hydrogens (primary N) is 1. The van der Waals surface area contributed by atoms with Crippen molar-refractivity contribution in [1.82, 2.24) is 5.32 Å². The van der Waals surface area contributed by atoms with E-state index in [-0.39, 0.29) is 24.2 Å². The summed E-state index contributed by atoms with van der Waals surface area (Å²) in [5, 5.41) is 3.35. The maximum Gasteiger partial charge on any atom is 0.407 e. The molecule has 1 atom stereocenters. The van der Waals surface area contributed by atoms with Crippen LogP contribution in [0.2, 0.25) is 5.02 Å². The Morgan fingerprint density at radius 1 is 0.739 bits per heavy atom. The van der Waals surface area contributed by atoms with Gasteiger partial charge in [-0.15, -0.1) is 0 Å². The van der Waals surface area contributed by atoms with Gasteiger partial charge in [-0.2, -0.15) is 0 Å². The van der Waals surface area contributed by atoms with Crippen LogP contribution in [0.3, 0.4) is 0 Å². The maximum absolute atomic E-state index is 13.9. The predicted octanol–water partition coefficient (Wildman–Crippen LogP) is 8.74. The fraction of sp³-hybridized carbons (Fsp3) is 0.200. The first-order valence-corrected chi connectivity index (χ1v) is 16.2. The molecule has 0 unspecified atom stereocenters. The van der Waals surface area contributed by atoms with Crippen LogP contribution in [0.15, 0.2) is 127 Å². The van der Waals surface area contributed by atoms with Crippen molar-refractivity contribution in [2.45, 2.75) is 37.1 Å². The molecular formula is C40H37ClN2O3. The van der Waals surface area contributed by atoms with E-state index in [4.69, 9.17) is 22.1 Å². The minimum atomic E-state index is -0.775. The number of alkyl carbamates (subject to hydrolysis) is 1. The van der Waals surface area contributed by atoms with Crippen molar-refractivity contribution >= 4 is 23.5 Å². The number of rotatable bonds is 12. The molecule has 0 bridgehead atoms. The number of hydrogen-bond acceptors (Lipinski definition) is 4. The van der Waals surface area contributed by atoms with Crippen LogP contribution in [-0.2, 0) is 4.74 Å². The van der Waals surface area contributed by atoms with Gasteiger partial charge in [0, 0.05) is 22.4 Å². The van der Waals surface area contributed by atoms with E-state index in [1.165, 1.54) is 0 Å². The number of amides is 1. The summed E-state index contributed by atoms with van der Waals surface area (Å²) in [7, 11) is 0. The molecule has 1 aliphatic rings. The van der Waals surface area contributed by atoms with Crippen molar-refractivity contribution in [3.05, 3.63) is 166 Å². The van der Waals surface area contributed by atoms with Crippen LogP contribution in [0.25, 0.3) is 11.1 Å². The molecule has 5 aromatic rings. The molecule has 0 aliphatic heterocycles. The SMILES string of the molecule is NCCCC[C@H](NC(=O)OCC1c2ccccc2-c2ccccc21)C(=O)c1ccc(C(c2ccccc2)c2ccccc2)c(Cl)c1. The highest BCUT2D eigenvalue weighted by molar-refractivity contribution is 6.32. The minimum absolute atomic E-state index is 0.0712. The normalized spacial score (nSPS) is 12.8. The summed E-state index contributed by atoms with van der Waals surface area (Å²) in [5.74, 6) is -0.383. The number of unbranched alkanes of at least 4 members (excludes halogenated alkanes) is 1. The van der Waals surface area contributed by atoms with Gasteiger partial charge >= 0.3 is 6.09 Å². The molecular weight excluding hydrogens is 592 g/mol. The monoisotopic (exact) mass is 628 g/mol. The zero-order valence-electron chi connectivity index (χ0n) is 25.6. The number of ether oxygens (including phenoxy) is 1. The van der Waals surface area contributed by atoms with Crippen LogP contribution in [0.5, 0.6) is 0 Å². The molecule has 0 radical (unpaired) electrons. The van der Waals surface area contributed by atoms with Gasteiger partial charge in [0.05, 0.1) is 6.04 Å². The van der Waals surface area contributed by atoms with E-state index in [0.717, 1.165) is 45.4 Å². The molecule has 232 valence electrons. The zero-order chi connectivity index (χ0) is 31.9. The highest BCUT2D eigenvalue weighted by atomic mass is 35.5. The highest BCUT2D eigenvalue weighted by Crippen LogP contribution is 2.44. The van der Waals surface area contributed by atoms with Gasteiger partial charge in [-0.1, -0.05) is 133 Å². The van der Waals surface area contributed by atoms with Gasteiger partial charge in [-0.05, 0) is 70.8 Å². The summed E-state index contributed by atoms with van der Waals surface area (Å²) in [5.41, 5.74) is 13.9. The van der Waals surface area contributed by atoms with Crippen LogP contribution in [-0.4, -0.2) is 31.1 Å². The van der Waals surface area contributed by atoms with Gasteiger partial charge < -0.3 is 15.8 Å². The molecule has 5 aromatic carbocycles. The van der Waals surface area contributed by atoms with Gasteiger partial charge in [-0.3, -0.25) is 4.79 Å². The van der Waals surface area contributed by atoms with E-state index in [1.807, 2.05) is 66.7 Å². The smallest absolute Gasteiger partial charge is 0.407 e. The van der Waals surface area contributed by atoms with Crippen LogP contribution >= 0.6 is 11.6 Å². The summed E-state index contributed by atoms with van der Waals surface area (Å²) >= 11 is 6.93. The molecule has 6 rings (SSSR count). The third-order valence-electron chi connectivity index (χ3n) is 8.76. The van der Waals surface area contributed by atoms with Crippen LogP contribution in [0, 0.1) is 0 Å². The molecule has 0 aromatic heterocycles. The average molecular weight is 629 g/mol. The number of carbonyl (C=O) groups excluding carboxylic acids is 2. The van der Waals surface area contributed by atoms with Gasteiger partial charge in [0.25, 0.3) is 0 Å². The largest absolute Gasteiger partial charge is 0.449 e. The third kappa shape index (κ3) is 6.76. The lowest BCUT2D eigenvalue weighted by Gasteiger charge is -2.22. The van der Waals surface area contributed by atoms with E-state index in [0.29, 0.717) is 30.0 Å². The number of Topliss-reactive ketones (excluding diaryl/α,β-unsaturated/α-hetero) is 1. The maximum atomic E-state index is 13.9. The number of halogens is 1. The van der Waals surface area contributed by atoms with Crippen molar-refractivity contribution in [1.29, 1.82) is 0 Å². The van der Waals surface area contributed by atoms with Gasteiger partial charge in [0.1, 0.15) is 6.61 Å². The van der Waals surface area contributed by atoms with E-state index in [1.54, 1.807) is 12.1 Å². The first kappa shape index (κ1) is 31.3. The van der Waals surface area contributed by atoms with E-state index in [2.05, 4.69) is 53.8 Å². The van der Waals surface area contributed by atoms with Gasteiger partial charge in [0.2, 0.25) is 0 Å². The first-order chi connectivity index (χ1) is 22.5. The Morgan fingerprint density at radius 2 is 1.30 bits per heavy atom. The lowest BCUT2D eigenvalue weighted by molar-refractivity contribution is 0.0912. The van der Waals surface area contributed by atoms with E-state index in [9.17, 15) is 9.59 Å². The zero-order valence-corrected chi connectivity index (χ0v) is 26.3. The van der Waals surface area contributed by atoms with E-state index >= 15 is 0 Å². The summed E-state index contributed by atoms with van der Waals surface area (Å²) in [6.45, 7) is 0.678. The number of carbonyl (C=O) groups is 2. The van der Waals surface area contributed by atoms with Crippen LogP contribution in [0.4, 0.5) is 4.79 Å². The number of fused-ring (bicyclic) bond motifs is 3. The van der Waals surface area contributed by atoms with Gasteiger partial charge in [0.15, 0.2) is 5.78 Å². The molecule has 5 nitrogen and oxygen atoms in total. The fourth-order valence-electron chi connectivity index (χ4n) is 6.50. The van der Waals surface area contributed by atoms with Crippen molar-refractivity contribution < 1.29 is 14.3 Å². The summed E-state index contributed by atoms with van der Waals surface area (Å²) in [6, 6.07) is 41.4. The number of nitrogens with one attached hydrogen (secondary N) is 1. The van der Waals surface area contributed by atoms with Crippen LogP contribution < -0.4 is 11.1 Å². The van der Waals surface area contributed by atoms with Crippen molar-refractivity contribution in [3.63, 3.8) is 0 Å². The van der Waals surface area contributed by atoms with Crippen molar-refractivity contribution in [3.8, 4) is 11.1 Å². The second-order valence-corrected chi connectivity index (χ2v) is 12.1. The van der Waals surface area contributed by atoms with E-state index < -0.39 is 12.1 Å². The number of benzene rings is 5. The molecule has 0 saturated heterocycles. The average Bonchev–Trinajstić information content (AvgIpc) is 3.42. The first-order valence-electron chi connectivity index (χ1n) is 15.8. The van der Waals surface area contributed by atoms with Crippen molar-refractivity contribution in [2.24, 2.45) is 5.73 Å². The summed E-state index contributed by atoms with van der Waals surface area (Å²) in [6.07, 6.45) is 1.25. The molecule has 1 aliphatic carbocycles. The molecule has 46 heavy (non-hydrogen) atoms. The highest BCUT2D eigenvalue weighted by Gasteiger charge is 2.30. The Balaban J connectivity index is 1.20. The molecule has 0 fully saturated rings. The number of hydrogen-bond donors (Lipinski definition) is 2. The summed E-state index contributed by atoms with van der Waals surface area (Å²) in [4.78, 5) is 27.1. The van der Waals surface area contributed by atoms with Crippen LogP contribution in [0.1, 0.15) is 69.3 Å². The predicted molar refractivity (Wildman–Crippen MR) is 185 cm³/mol. The Labute approximate surface area is 275 Å².